The minimum absolute atomic E-state index is 0.230. The van der Waals surface area contributed by atoms with Crippen molar-refractivity contribution in [2.24, 2.45) is 5.10 Å². The van der Waals surface area contributed by atoms with E-state index in [0.29, 0.717) is 11.5 Å². The first-order valence-electron chi connectivity index (χ1n) is 6.75. The molecule has 0 aromatic heterocycles. The molecule has 108 valence electrons. The van der Waals surface area contributed by atoms with Crippen molar-refractivity contribution in [1.29, 1.82) is 0 Å². The molecule has 21 heavy (non-hydrogen) atoms. The lowest BCUT2D eigenvalue weighted by atomic mass is 10.0. The van der Waals surface area contributed by atoms with Crippen LogP contribution in [0.3, 0.4) is 0 Å². The Labute approximate surface area is 133 Å². The number of nitrogens with zero attached hydrogens (tertiary/aromatic N) is 1. The van der Waals surface area contributed by atoms with Gasteiger partial charge < -0.3 is 0 Å². The molecule has 0 heterocycles. The number of hydrazone groups is 1. The molecule has 0 radical (unpaired) electrons. The van der Waals surface area contributed by atoms with Gasteiger partial charge in [-0.1, -0.05) is 60.1 Å². The van der Waals surface area contributed by atoms with Gasteiger partial charge in [0, 0.05) is 10.0 Å². The van der Waals surface area contributed by atoms with E-state index in [1.807, 2.05) is 24.3 Å². The van der Waals surface area contributed by atoms with E-state index in [1.165, 1.54) is 5.56 Å². The third kappa shape index (κ3) is 4.53. The largest absolute Gasteiger partial charge is 0.271 e. The molecule has 2 aromatic carbocycles. The molecule has 0 spiro atoms. The molecule has 1 N–H and O–H groups in total. The summed E-state index contributed by atoms with van der Waals surface area (Å²) in [6, 6.07) is 15.3. The highest BCUT2D eigenvalue weighted by atomic mass is 79.9. The zero-order valence-corrected chi connectivity index (χ0v) is 13.6. The highest BCUT2D eigenvalue weighted by Crippen LogP contribution is 2.14. The van der Waals surface area contributed by atoms with Crippen molar-refractivity contribution in [3.8, 4) is 0 Å². The average Bonchev–Trinajstić information content (AvgIpc) is 2.47. The Morgan fingerprint density at radius 2 is 1.90 bits per heavy atom. The molecule has 0 saturated carbocycles. The van der Waals surface area contributed by atoms with Gasteiger partial charge in [0.15, 0.2) is 0 Å². The summed E-state index contributed by atoms with van der Waals surface area (Å²) in [5, 5.41) is 3.98. The normalized spacial score (nSPS) is 11.0. The highest BCUT2D eigenvalue weighted by molar-refractivity contribution is 9.10. The monoisotopic (exact) mass is 344 g/mol. The van der Waals surface area contributed by atoms with Gasteiger partial charge in [0.25, 0.3) is 5.91 Å². The van der Waals surface area contributed by atoms with E-state index in [2.05, 4.69) is 52.4 Å². The number of halogens is 1. The number of hydrogen-bond donors (Lipinski definition) is 1. The number of hydrogen-bond acceptors (Lipinski definition) is 2. The minimum Gasteiger partial charge on any atom is -0.267 e. The molecular weight excluding hydrogens is 328 g/mol. The van der Waals surface area contributed by atoms with Crippen molar-refractivity contribution in [2.45, 2.75) is 19.8 Å². The van der Waals surface area contributed by atoms with E-state index in [4.69, 9.17) is 0 Å². The first kappa shape index (κ1) is 15.4. The molecule has 0 aliphatic heterocycles. The van der Waals surface area contributed by atoms with Crippen LogP contribution in [0.5, 0.6) is 0 Å². The van der Waals surface area contributed by atoms with Crippen LogP contribution >= 0.6 is 15.9 Å². The van der Waals surface area contributed by atoms with Crippen molar-refractivity contribution in [3.05, 3.63) is 69.7 Å². The first-order valence-corrected chi connectivity index (χ1v) is 7.54. The third-order valence-corrected chi connectivity index (χ3v) is 3.56. The molecule has 2 rings (SSSR count). The van der Waals surface area contributed by atoms with Gasteiger partial charge in [-0.2, -0.15) is 5.10 Å². The second-order valence-corrected chi connectivity index (χ2v) is 5.95. The van der Waals surface area contributed by atoms with Gasteiger partial charge in [0.2, 0.25) is 0 Å². The Balaban J connectivity index is 1.97. The second kappa shape index (κ2) is 7.18. The van der Waals surface area contributed by atoms with Crippen LogP contribution in [0.15, 0.2) is 58.1 Å². The fourth-order valence-corrected chi connectivity index (χ4v) is 2.23. The lowest BCUT2D eigenvalue weighted by Gasteiger charge is -2.04. The van der Waals surface area contributed by atoms with Gasteiger partial charge in [-0.3, -0.25) is 4.79 Å². The summed E-state index contributed by atoms with van der Waals surface area (Å²) < 4.78 is 0.864. The van der Waals surface area contributed by atoms with Crippen molar-refractivity contribution >= 4 is 28.1 Å². The summed E-state index contributed by atoms with van der Waals surface area (Å²) in [6.45, 7) is 4.31. The maximum absolute atomic E-state index is 11.9. The van der Waals surface area contributed by atoms with Crippen molar-refractivity contribution < 1.29 is 4.79 Å². The van der Waals surface area contributed by atoms with Gasteiger partial charge in [0.05, 0.1) is 6.21 Å². The smallest absolute Gasteiger partial charge is 0.267 e. The molecule has 0 atom stereocenters. The number of benzene rings is 2. The number of amides is 1. The van der Waals surface area contributed by atoms with E-state index in [1.54, 1.807) is 18.3 Å². The summed E-state index contributed by atoms with van der Waals surface area (Å²) in [5.41, 5.74) is 5.32. The van der Waals surface area contributed by atoms with Crippen LogP contribution in [0.1, 0.15) is 41.3 Å². The molecule has 0 aliphatic rings. The van der Waals surface area contributed by atoms with Gasteiger partial charge in [-0.05, 0) is 35.2 Å². The molecule has 1 amide bonds. The standard InChI is InChI=1S/C17H17BrN2O/c1-12(2)14-8-6-13(7-9-14)11-19-20-17(21)15-4-3-5-16(18)10-15/h3-12H,1-2H3,(H,20,21)/b19-11-. The lowest BCUT2D eigenvalue weighted by Crippen LogP contribution is -2.17. The van der Waals surface area contributed by atoms with E-state index in [-0.39, 0.29) is 5.91 Å². The SMILES string of the molecule is CC(C)c1ccc(/C=N\NC(=O)c2cccc(Br)c2)cc1. The first-order chi connectivity index (χ1) is 10.1. The molecule has 0 unspecified atom stereocenters. The maximum Gasteiger partial charge on any atom is 0.271 e. The summed E-state index contributed by atoms with van der Waals surface area (Å²) in [6.07, 6.45) is 1.64. The van der Waals surface area contributed by atoms with Crippen LogP contribution in [0, 0.1) is 0 Å². The Bertz CT molecular complexity index is 648. The highest BCUT2D eigenvalue weighted by Gasteiger charge is 2.03. The Morgan fingerprint density at radius 3 is 2.52 bits per heavy atom. The number of carbonyl (C=O) groups is 1. The molecule has 0 fully saturated rings. The van der Waals surface area contributed by atoms with Crippen molar-refractivity contribution in [2.75, 3.05) is 0 Å². The summed E-state index contributed by atoms with van der Waals surface area (Å²) in [4.78, 5) is 11.9. The van der Waals surface area contributed by atoms with Gasteiger partial charge in [-0.25, -0.2) is 5.43 Å². The van der Waals surface area contributed by atoms with Crippen LogP contribution in [0.2, 0.25) is 0 Å². The van der Waals surface area contributed by atoms with Crippen LogP contribution in [0.25, 0.3) is 0 Å². The minimum atomic E-state index is -0.230. The van der Waals surface area contributed by atoms with Gasteiger partial charge in [0.1, 0.15) is 0 Å². The molecule has 4 heteroatoms. The van der Waals surface area contributed by atoms with Crippen molar-refractivity contribution in [1.82, 2.24) is 5.43 Å². The second-order valence-electron chi connectivity index (χ2n) is 5.03. The molecule has 0 saturated heterocycles. The van der Waals surface area contributed by atoms with Crippen LogP contribution in [0.4, 0.5) is 0 Å². The Morgan fingerprint density at radius 1 is 1.19 bits per heavy atom. The van der Waals surface area contributed by atoms with E-state index in [0.717, 1.165) is 10.0 Å². The summed E-state index contributed by atoms with van der Waals surface area (Å²) >= 11 is 3.34. The molecule has 0 aliphatic carbocycles. The topological polar surface area (TPSA) is 41.5 Å². The van der Waals surface area contributed by atoms with Crippen LogP contribution in [-0.4, -0.2) is 12.1 Å². The zero-order chi connectivity index (χ0) is 15.2. The lowest BCUT2D eigenvalue weighted by molar-refractivity contribution is 0.0955. The zero-order valence-electron chi connectivity index (χ0n) is 12.0. The van der Waals surface area contributed by atoms with Crippen LogP contribution < -0.4 is 5.43 Å². The van der Waals surface area contributed by atoms with Gasteiger partial charge in [-0.15, -0.1) is 0 Å². The number of rotatable bonds is 4. The predicted molar refractivity (Wildman–Crippen MR) is 89.7 cm³/mol. The molecule has 3 nitrogen and oxygen atoms in total. The van der Waals surface area contributed by atoms with Gasteiger partial charge >= 0.3 is 0 Å². The van der Waals surface area contributed by atoms with Crippen LogP contribution in [-0.2, 0) is 0 Å². The molecular formula is C17H17BrN2O. The number of nitrogens with one attached hydrogen (secondary N) is 1. The Hall–Kier alpha value is -1.94. The van der Waals surface area contributed by atoms with E-state index in [9.17, 15) is 4.79 Å². The molecule has 2 aromatic rings. The molecule has 0 bridgehead atoms. The quantitative estimate of drug-likeness (QED) is 0.650. The number of carbonyl (C=O) groups excluding carboxylic acids is 1. The summed E-state index contributed by atoms with van der Waals surface area (Å²) in [7, 11) is 0. The third-order valence-electron chi connectivity index (χ3n) is 3.07. The summed E-state index contributed by atoms with van der Waals surface area (Å²) in [5.74, 6) is 0.276. The van der Waals surface area contributed by atoms with E-state index < -0.39 is 0 Å². The Kier molecular flexibility index (Phi) is 5.28. The fraction of sp³-hybridized carbons (Fsp3) is 0.176. The maximum atomic E-state index is 11.9. The fourth-order valence-electron chi connectivity index (χ4n) is 1.83. The van der Waals surface area contributed by atoms with E-state index >= 15 is 0 Å². The van der Waals surface area contributed by atoms with Crippen molar-refractivity contribution in [3.63, 3.8) is 0 Å². The predicted octanol–water partition coefficient (Wildman–Crippen LogP) is 4.34. The average molecular weight is 345 g/mol.